The van der Waals surface area contributed by atoms with Crippen LogP contribution in [0.25, 0.3) is 0 Å². The molecular formula is C12H16NO6-. The summed E-state index contributed by atoms with van der Waals surface area (Å²) in [5.74, 6) is 0.331. The van der Waals surface area contributed by atoms with E-state index < -0.39 is 37.3 Å². The van der Waals surface area contributed by atoms with Gasteiger partial charge in [0.25, 0.3) is 0 Å². The first-order valence-electron chi connectivity index (χ1n) is 5.83. The van der Waals surface area contributed by atoms with Gasteiger partial charge in [0.05, 0.1) is 6.61 Å². The van der Waals surface area contributed by atoms with Crippen LogP contribution < -0.4 is 15.6 Å². The minimum Gasteiger partial charge on any atom is -0.828 e. The lowest BCUT2D eigenvalue weighted by atomic mass is 9.99. The van der Waals surface area contributed by atoms with Gasteiger partial charge in [-0.1, -0.05) is 0 Å². The van der Waals surface area contributed by atoms with E-state index in [0.717, 1.165) is 0 Å². The second-order valence-electron chi connectivity index (χ2n) is 4.36. The number of aliphatic hydroxyl groups is 3. The molecule has 1 aromatic rings. The molecule has 1 heterocycles. The van der Waals surface area contributed by atoms with Crippen LogP contribution in [0.3, 0.4) is 0 Å². The quantitative estimate of drug-likeness (QED) is 0.459. The van der Waals surface area contributed by atoms with E-state index in [0.29, 0.717) is 11.4 Å². The summed E-state index contributed by atoms with van der Waals surface area (Å²) in [5, 5.41) is 40.1. The van der Waals surface area contributed by atoms with E-state index in [1.165, 1.54) is 0 Å². The molecule has 0 amide bonds. The molecule has 106 valence electrons. The number of nitrogen functional groups attached to an aromatic ring is 1. The molecule has 1 saturated heterocycles. The molecule has 1 aromatic carbocycles. The monoisotopic (exact) mass is 270 g/mol. The maximum Gasteiger partial charge on any atom is 0.138 e. The van der Waals surface area contributed by atoms with Crippen molar-refractivity contribution in [2.24, 2.45) is 0 Å². The zero-order valence-electron chi connectivity index (χ0n) is 10.0. The standard InChI is InChI=1S/C12H16NO6/c13-6-1-3-7(4-2-6)18-11-10(16)9(15)8(5-14)19-12(11)17/h1-4,8-12,14-16H,5,13H2/q-1/t8-,9-,10+,11-,12-/m1/s1. The molecule has 1 aliphatic heterocycles. The number of rotatable bonds is 3. The summed E-state index contributed by atoms with van der Waals surface area (Å²) in [7, 11) is 0. The predicted octanol–water partition coefficient (Wildman–Crippen LogP) is -2.18. The number of aliphatic hydroxyl groups excluding tert-OH is 3. The topological polar surface area (TPSA) is 128 Å². The van der Waals surface area contributed by atoms with Crippen LogP contribution in [0.2, 0.25) is 0 Å². The van der Waals surface area contributed by atoms with Gasteiger partial charge >= 0.3 is 0 Å². The van der Waals surface area contributed by atoms with Crippen molar-refractivity contribution in [3.63, 3.8) is 0 Å². The summed E-state index contributed by atoms with van der Waals surface area (Å²) in [4.78, 5) is 0. The average Bonchev–Trinajstić information content (AvgIpc) is 2.41. The smallest absolute Gasteiger partial charge is 0.138 e. The largest absolute Gasteiger partial charge is 0.828 e. The first-order valence-corrected chi connectivity index (χ1v) is 5.83. The van der Waals surface area contributed by atoms with Gasteiger partial charge in [0.1, 0.15) is 30.2 Å². The van der Waals surface area contributed by atoms with Crippen molar-refractivity contribution in [2.75, 3.05) is 12.3 Å². The maximum absolute atomic E-state index is 11.7. The van der Waals surface area contributed by atoms with Crippen LogP contribution in [-0.2, 0) is 4.74 Å². The van der Waals surface area contributed by atoms with Gasteiger partial charge in [-0.25, -0.2) is 0 Å². The van der Waals surface area contributed by atoms with Gasteiger partial charge < -0.3 is 35.6 Å². The number of hydrogen-bond acceptors (Lipinski definition) is 7. The number of nitrogens with two attached hydrogens (primary N) is 1. The van der Waals surface area contributed by atoms with Crippen LogP contribution >= 0.6 is 0 Å². The maximum atomic E-state index is 11.7. The van der Waals surface area contributed by atoms with Crippen LogP contribution in [0.1, 0.15) is 0 Å². The lowest BCUT2D eigenvalue weighted by molar-refractivity contribution is -0.530. The Morgan fingerprint density at radius 1 is 1.21 bits per heavy atom. The van der Waals surface area contributed by atoms with Gasteiger partial charge in [-0.2, -0.15) is 0 Å². The molecule has 1 fully saturated rings. The molecule has 7 nitrogen and oxygen atoms in total. The normalized spacial score (nSPS) is 35.1. The highest BCUT2D eigenvalue weighted by molar-refractivity contribution is 5.41. The van der Waals surface area contributed by atoms with Crippen LogP contribution in [0.5, 0.6) is 5.75 Å². The molecule has 0 aliphatic carbocycles. The van der Waals surface area contributed by atoms with Crippen LogP contribution in [0, 0.1) is 0 Å². The van der Waals surface area contributed by atoms with Crippen molar-refractivity contribution in [1.29, 1.82) is 0 Å². The Kier molecular flexibility index (Phi) is 4.23. The van der Waals surface area contributed by atoms with Gasteiger partial charge in [-0.15, -0.1) is 0 Å². The number of ether oxygens (including phenoxy) is 2. The summed E-state index contributed by atoms with van der Waals surface area (Å²) in [6.45, 7) is -0.550. The van der Waals surface area contributed by atoms with Crippen LogP contribution in [0.15, 0.2) is 24.3 Å². The third-order valence-electron chi connectivity index (χ3n) is 2.98. The van der Waals surface area contributed by atoms with Crippen molar-refractivity contribution in [3.05, 3.63) is 24.3 Å². The fourth-order valence-corrected chi connectivity index (χ4v) is 1.89. The zero-order valence-corrected chi connectivity index (χ0v) is 10.0. The Morgan fingerprint density at radius 3 is 2.42 bits per heavy atom. The number of hydrogen-bond donors (Lipinski definition) is 4. The molecule has 19 heavy (non-hydrogen) atoms. The van der Waals surface area contributed by atoms with Crippen molar-refractivity contribution in [1.82, 2.24) is 0 Å². The van der Waals surface area contributed by atoms with E-state index in [-0.39, 0.29) is 0 Å². The minimum absolute atomic E-state index is 0.331. The molecule has 0 unspecified atom stereocenters. The lowest BCUT2D eigenvalue weighted by Crippen LogP contribution is -2.64. The van der Waals surface area contributed by atoms with Crippen LogP contribution in [0.4, 0.5) is 5.69 Å². The van der Waals surface area contributed by atoms with E-state index in [2.05, 4.69) is 0 Å². The summed E-state index contributed by atoms with van der Waals surface area (Å²) in [6.07, 6.45) is -6.89. The van der Waals surface area contributed by atoms with Gasteiger partial charge in [-0.05, 0) is 24.3 Å². The number of anilines is 1. The average molecular weight is 270 g/mol. The highest BCUT2D eigenvalue weighted by Crippen LogP contribution is 2.23. The molecule has 1 aliphatic rings. The molecule has 0 spiro atoms. The minimum atomic E-state index is -1.70. The van der Waals surface area contributed by atoms with E-state index >= 15 is 0 Å². The van der Waals surface area contributed by atoms with Gasteiger partial charge in [-0.3, -0.25) is 0 Å². The second-order valence-corrected chi connectivity index (χ2v) is 4.36. The molecule has 0 saturated carbocycles. The number of benzene rings is 1. The Morgan fingerprint density at radius 2 is 1.84 bits per heavy atom. The molecule has 5 atom stereocenters. The Hall–Kier alpha value is -1.38. The van der Waals surface area contributed by atoms with Crippen molar-refractivity contribution < 1.29 is 29.9 Å². The molecular weight excluding hydrogens is 254 g/mol. The summed E-state index contributed by atoms with van der Waals surface area (Å²) >= 11 is 0. The Balaban J connectivity index is 2.09. The third kappa shape index (κ3) is 2.96. The third-order valence-corrected chi connectivity index (χ3v) is 2.98. The van der Waals surface area contributed by atoms with Gasteiger partial charge in [0.2, 0.25) is 0 Å². The summed E-state index contributed by atoms with van der Waals surface area (Å²) in [5.41, 5.74) is 6.05. The summed E-state index contributed by atoms with van der Waals surface area (Å²) in [6, 6.07) is 6.24. The second kappa shape index (κ2) is 5.72. The van der Waals surface area contributed by atoms with Crippen molar-refractivity contribution in [2.45, 2.75) is 30.7 Å². The first kappa shape index (κ1) is 14.0. The van der Waals surface area contributed by atoms with Gasteiger partial charge in [0, 0.05) is 12.0 Å². The predicted molar refractivity (Wildman–Crippen MR) is 63.0 cm³/mol. The summed E-state index contributed by atoms with van der Waals surface area (Å²) < 4.78 is 10.2. The van der Waals surface area contributed by atoms with E-state index in [1.54, 1.807) is 24.3 Å². The van der Waals surface area contributed by atoms with Gasteiger partial charge in [0.15, 0.2) is 0 Å². The van der Waals surface area contributed by atoms with E-state index in [1.807, 2.05) is 0 Å². The van der Waals surface area contributed by atoms with E-state index in [4.69, 9.17) is 20.3 Å². The van der Waals surface area contributed by atoms with E-state index in [9.17, 15) is 15.3 Å². The zero-order chi connectivity index (χ0) is 14.0. The van der Waals surface area contributed by atoms with Crippen molar-refractivity contribution in [3.8, 4) is 5.75 Å². The molecule has 5 N–H and O–H groups in total. The lowest BCUT2D eigenvalue weighted by Gasteiger charge is -2.45. The fourth-order valence-electron chi connectivity index (χ4n) is 1.89. The molecule has 0 bridgehead atoms. The molecule has 0 radical (unpaired) electrons. The molecule has 0 aromatic heterocycles. The highest BCUT2D eigenvalue weighted by Gasteiger charge is 2.41. The Bertz CT molecular complexity index is 411. The first-order chi connectivity index (χ1) is 9.02. The van der Waals surface area contributed by atoms with Crippen LogP contribution in [-0.4, -0.2) is 52.6 Å². The molecule has 7 heteroatoms. The highest BCUT2D eigenvalue weighted by atomic mass is 16.7. The SMILES string of the molecule is Nc1ccc(O[C@@H]2[C@@H](O)[C@H](O)[C@@H](CO)O[C@H]2[O-])cc1. The Labute approximate surface area is 109 Å². The molecule has 2 rings (SSSR count). The fraction of sp³-hybridized carbons (Fsp3) is 0.500. The van der Waals surface area contributed by atoms with Crippen molar-refractivity contribution >= 4 is 5.69 Å².